The SMILES string of the molecule is CC(Oc1ccc(Br)cc1)C(=O)NC(C)(C)CCC(=O)O. The van der Waals surface area contributed by atoms with Gasteiger partial charge >= 0.3 is 5.97 Å². The van der Waals surface area contributed by atoms with Gasteiger partial charge in [-0.25, -0.2) is 0 Å². The molecule has 21 heavy (non-hydrogen) atoms. The van der Waals surface area contributed by atoms with Gasteiger partial charge in [0.1, 0.15) is 5.75 Å². The van der Waals surface area contributed by atoms with Crippen LogP contribution in [0.5, 0.6) is 5.75 Å². The van der Waals surface area contributed by atoms with Gasteiger partial charge in [0.2, 0.25) is 0 Å². The zero-order valence-corrected chi connectivity index (χ0v) is 13.9. The zero-order chi connectivity index (χ0) is 16.0. The zero-order valence-electron chi connectivity index (χ0n) is 12.4. The van der Waals surface area contributed by atoms with Crippen molar-refractivity contribution in [3.63, 3.8) is 0 Å². The van der Waals surface area contributed by atoms with Crippen LogP contribution in [0.25, 0.3) is 0 Å². The van der Waals surface area contributed by atoms with Gasteiger partial charge in [-0.1, -0.05) is 15.9 Å². The van der Waals surface area contributed by atoms with Crippen LogP contribution in [0.3, 0.4) is 0 Å². The Kier molecular flexibility index (Phi) is 6.20. The largest absolute Gasteiger partial charge is 0.481 e. The van der Waals surface area contributed by atoms with Gasteiger partial charge in [-0.15, -0.1) is 0 Å². The Labute approximate surface area is 132 Å². The van der Waals surface area contributed by atoms with E-state index in [0.29, 0.717) is 12.2 Å². The molecule has 1 rings (SSSR count). The molecule has 0 radical (unpaired) electrons. The van der Waals surface area contributed by atoms with E-state index in [4.69, 9.17) is 9.84 Å². The van der Waals surface area contributed by atoms with Gasteiger partial charge in [-0.3, -0.25) is 9.59 Å². The van der Waals surface area contributed by atoms with Gasteiger partial charge in [-0.2, -0.15) is 0 Å². The standard InChI is InChI=1S/C15H20BrNO4/c1-10(21-12-6-4-11(16)5-7-12)14(20)17-15(2,3)9-8-13(18)19/h4-7,10H,8-9H2,1-3H3,(H,17,20)(H,18,19). The van der Waals surface area contributed by atoms with Crippen molar-refractivity contribution in [2.45, 2.75) is 45.3 Å². The summed E-state index contributed by atoms with van der Waals surface area (Å²) in [7, 11) is 0. The summed E-state index contributed by atoms with van der Waals surface area (Å²) in [6.45, 7) is 5.24. The number of amides is 1. The number of carbonyl (C=O) groups excluding carboxylic acids is 1. The predicted octanol–water partition coefficient (Wildman–Crippen LogP) is 2.98. The minimum Gasteiger partial charge on any atom is -0.481 e. The number of carboxylic acids is 1. The van der Waals surface area contributed by atoms with E-state index in [-0.39, 0.29) is 12.3 Å². The van der Waals surface area contributed by atoms with Gasteiger partial charge in [0, 0.05) is 16.4 Å². The number of ether oxygens (including phenoxy) is 1. The van der Waals surface area contributed by atoms with Crippen LogP contribution in [0.1, 0.15) is 33.6 Å². The minimum atomic E-state index is -0.878. The Morgan fingerprint density at radius 1 is 1.33 bits per heavy atom. The van der Waals surface area contributed by atoms with Crippen molar-refractivity contribution < 1.29 is 19.4 Å². The second kappa shape index (κ2) is 7.45. The first-order valence-electron chi connectivity index (χ1n) is 6.66. The van der Waals surface area contributed by atoms with E-state index in [1.807, 2.05) is 12.1 Å². The number of carboxylic acid groups (broad SMARTS) is 1. The smallest absolute Gasteiger partial charge is 0.303 e. The minimum absolute atomic E-state index is 0.00916. The lowest BCUT2D eigenvalue weighted by molar-refractivity contribution is -0.138. The average Bonchev–Trinajstić information content (AvgIpc) is 2.38. The number of halogens is 1. The Morgan fingerprint density at radius 2 is 1.90 bits per heavy atom. The molecule has 1 amide bonds. The molecule has 0 aromatic heterocycles. The highest BCUT2D eigenvalue weighted by Gasteiger charge is 2.25. The summed E-state index contributed by atoms with van der Waals surface area (Å²) in [6, 6.07) is 7.19. The fraction of sp³-hybridized carbons (Fsp3) is 0.467. The third kappa shape index (κ3) is 6.62. The fourth-order valence-corrected chi connectivity index (χ4v) is 1.95. The number of aliphatic carboxylic acids is 1. The fourth-order valence-electron chi connectivity index (χ4n) is 1.69. The van der Waals surface area contributed by atoms with Crippen LogP contribution in [-0.4, -0.2) is 28.6 Å². The summed E-state index contributed by atoms with van der Waals surface area (Å²) < 4.78 is 6.49. The molecule has 1 aromatic rings. The van der Waals surface area contributed by atoms with E-state index >= 15 is 0 Å². The van der Waals surface area contributed by atoms with Crippen LogP contribution in [0, 0.1) is 0 Å². The Morgan fingerprint density at radius 3 is 2.43 bits per heavy atom. The Balaban J connectivity index is 2.53. The van der Waals surface area contributed by atoms with Crippen LogP contribution in [0.15, 0.2) is 28.7 Å². The van der Waals surface area contributed by atoms with Crippen LogP contribution in [0.4, 0.5) is 0 Å². The Bertz CT molecular complexity index is 499. The van der Waals surface area contributed by atoms with Crippen LogP contribution < -0.4 is 10.1 Å². The molecule has 0 saturated heterocycles. The number of rotatable bonds is 7. The van der Waals surface area contributed by atoms with Gasteiger partial charge < -0.3 is 15.2 Å². The van der Waals surface area contributed by atoms with E-state index in [1.54, 1.807) is 32.9 Å². The van der Waals surface area contributed by atoms with Crippen LogP contribution in [0.2, 0.25) is 0 Å². The third-order valence-electron chi connectivity index (χ3n) is 2.92. The van der Waals surface area contributed by atoms with E-state index < -0.39 is 17.6 Å². The molecular weight excluding hydrogens is 338 g/mol. The molecule has 2 N–H and O–H groups in total. The summed E-state index contributed by atoms with van der Waals surface area (Å²) >= 11 is 3.33. The summed E-state index contributed by atoms with van der Waals surface area (Å²) in [5.74, 6) is -0.547. The first-order chi connectivity index (χ1) is 9.69. The molecule has 0 aliphatic heterocycles. The highest BCUT2D eigenvalue weighted by molar-refractivity contribution is 9.10. The van der Waals surface area contributed by atoms with Crippen molar-refractivity contribution >= 4 is 27.8 Å². The maximum absolute atomic E-state index is 12.1. The monoisotopic (exact) mass is 357 g/mol. The van der Waals surface area contributed by atoms with E-state index in [9.17, 15) is 9.59 Å². The third-order valence-corrected chi connectivity index (χ3v) is 3.45. The van der Waals surface area contributed by atoms with Crippen molar-refractivity contribution in [3.05, 3.63) is 28.7 Å². The van der Waals surface area contributed by atoms with E-state index in [1.165, 1.54) is 0 Å². The van der Waals surface area contributed by atoms with Crippen molar-refractivity contribution in [2.75, 3.05) is 0 Å². The van der Waals surface area contributed by atoms with Crippen molar-refractivity contribution in [1.29, 1.82) is 0 Å². The molecule has 0 fully saturated rings. The summed E-state index contributed by atoms with van der Waals surface area (Å²) in [5.41, 5.74) is -0.590. The van der Waals surface area contributed by atoms with Gasteiger partial charge in [0.05, 0.1) is 0 Å². The molecule has 1 atom stereocenters. The molecule has 6 heteroatoms. The number of hydrogen-bond donors (Lipinski definition) is 2. The number of carbonyl (C=O) groups is 2. The molecule has 5 nitrogen and oxygen atoms in total. The van der Waals surface area contributed by atoms with Gasteiger partial charge in [0.25, 0.3) is 5.91 Å². The molecule has 0 saturated carbocycles. The molecule has 0 bridgehead atoms. The lowest BCUT2D eigenvalue weighted by atomic mass is 9.98. The summed E-state index contributed by atoms with van der Waals surface area (Å²) in [6.07, 6.45) is -0.288. The molecule has 116 valence electrons. The molecular formula is C15H20BrNO4. The average molecular weight is 358 g/mol. The van der Waals surface area contributed by atoms with E-state index in [2.05, 4.69) is 21.2 Å². The predicted molar refractivity (Wildman–Crippen MR) is 83.3 cm³/mol. The molecule has 0 aliphatic carbocycles. The number of nitrogens with one attached hydrogen (secondary N) is 1. The first-order valence-corrected chi connectivity index (χ1v) is 7.45. The molecule has 0 aliphatic rings. The molecule has 1 aromatic carbocycles. The van der Waals surface area contributed by atoms with Gasteiger partial charge in [0.15, 0.2) is 6.10 Å². The summed E-state index contributed by atoms with van der Waals surface area (Å²) in [4.78, 5) is 22.7. The van der Waals surface area contributed by atoms with Crippen LogP contribution >= 0.6 is 15.9 Å². The lowest BCUT2D eigenvalue weighted by Crippen LogP contribution is -2.48. The van der Waals surface area contributed by atoms with Gasteiger partial charge in [-0.05, 0) is 51.5 Å². The molecule has 1 unspecified atom stereocenters. The van der Waals surface area contributed by atoms with Crippen molar-refractivity contribution in [1.82, 2.24) is 5.32 Å². The topological polar surface area (TPSA) is 75.6 Å². The first kappa shape index (κ1) is 17.5. The normalized spacial score (nSPS) is 12.6. The second-order valence-corrected chi connectivity index (χ2v) is 6.40. The number of hydrogen-bond acceptors (Lipinski definition) is 3. The second-order valence-electron chi connectivity index (χ2n) is 5.48. The highest BCUT2D eigenvalue weighted by atomic mass is 79.9. The lowest BCUT2D eigenvalue weighted by Gasteiger charge is -2.27. The molecule has 0 spiro atoms. The summed E-state index contributed by atoms with van der Waals surface area (Å²) in [5, 5.41) is 11.5. The maximum Gasteiger partial charge on any atom is 0.303 e. The quantitative estimate of drug-likeness (QED) is 0.786. The Hall–Kier alpha value is -1.56. The molecule has 0 heterocycles. The van der Waals surface area contributed by atoms with Crippen molar-refractivity contribution in [3.8, 4) is 5.75 Å². The van der Waals surface area contributed by atoms with E-state index in [0.717, 1.165) is 4.47 Å². The van der Waals surface area contributed by atoms with Crippen LogP contribution in [-0.2, 0) is 9.59 Å². The maximum atomic E-state index is 12.1. The van der Waals surface area contributed by atoms with Crippen molar-refractivity contribution in [2.24, 2.45) is 0 Å². The number of benzene rings is 1. The highest BCUT2D eigenvalue weighted by Crippen LogP contribution is 2.18.